The minimum atomic E-state index is -0.445. The van der Waals surface area contributed by atoms with Crippen LogP contribution in [0, 0.1) is 16.0 Å². The fraction of sp³-hybridized carbons (Fsp3) is 0.571. The van der Waals surface area contributed by atoms with E-state index in [-0.39, 0.29) is 5.69 Å². The van der Waals surface area contributed by atoms with Crippen LogP contribution in [-0.4, -0.2) is 11.5 Å². The average molecular weight is 279 g/mol. The zero-order valence-electron chi connectivity index (χ0n) is 11.5. The van der Waals surface area contributed by atoms with E-state index in [0.29, 0.717) is 24.8 Å². The predicted octanol–water partition coefficient (Wildman–Crippen LogP) is 2.98. The van der Waals surface area contributed by atoms with Crippen molar-refractivity contribution in [1.82, 2.24) is 0 Å². The molecule has 0 unspecified atom stereocenters. The van der Waals surface area contributed by atoms with Crippen LogP contribution in [0.2, 0.25) is 0 Å². The first-order valence-electron chi connectivity index (χ1n) is 7.03. The number of hydrogen-bond acceptors (Lipinski definition) is 5. The summed E-state index contributed by atoms with van der Waals surface area (Å²) in [7, 11) is 0. The van der Waals surface area contributed by atoms with Crippen LogP contribution in [-0.2, 0) is 11.3 Å². The molecule has 20 heavy (non-hydrogen) atoms. The number of anilines is 1. The number of nitro groups is 1. The first kappa shape index (κ1) is 14.7. The highest BCUT2D eigenvalue weighted by Crippen LogP contribution is 2.28. The molecule has 0 heterocycles. The molecule has 2 rings (SSSR count). The van der Waals surface area contributed by atoms with Gasteiger partial charge in [0.05, 0.1) is 11.5 Å². The zero-order chi connectivity index (χ0) is 14.4. The SMILES string of the molecule is NNc1c(COCC2CCCCC2)cccc1[N+](=O)[O-]. The Kier molecular flexibility index (Phi) is 5.31. The largest absolute Gasteiger partial charge is 0.376 e. The maximum Gasteiger partial charge on any atom is 0.294 e. The lowest BCUT2D eigenvalue weighted by molar-refractivity contribution is -0.384. The molecular formula is C14H21N3O3. The number of nitrogens with two attached hydrogens (primary N) is 1. The van der Waals surface area contributed by atoms with Gasteiger partial charge in [0.1, 0.15) is 5.69 Å². The van der Waals surface area contributed by atoms with Gasteiger partial charge in [-0.2, -0.15) is 0 Å². The molecule has 0 radical (unpaired) electrons. The lowest BCUT2D eigenvalue weighted by atomic mass is 9.90. The molecule has 0 atom stereocenters. The van der Waals surface area contributed by atoms with Crippen molar-refractivity contribution in [2.24, 2.45) is 11.8 Å². The molecular weight excluding hydrogens is 258 g/mol. The Labute approximate surface area is 118 Å². The smallest absolute Gasteiger partial charge is 0.294 e. The molecule has 3 N–H and O–H groups in total. The molecule has 0 spiro atoms. The number of nitrogens with zero attached hydrogens (tertiary/aromatic N) is 1. The number of nitrogen functional groups attached to an aromatic ring is 1. The fourth-order valence-corrected chi connectivity index (χ4v) is 2.72. The fourth-order valence-electron chi connectivity index (χ4n) is 2.72. The second-order valence-corrected chi connectivity index (χ2v) is 5.23. The van der Waals surface area contributed by atoms with Crippen molar-refractivity contribution in [2.45, 2.75) is 38.7 Å². The molecule has 1 aromatic rings. The van der Waals surface area contributed by atoms with E-state index in [2.05, 4.69) is 5.43 Å². The maximum atomic E-state index is 10.9. The standard InChI is InChI=1S/C14H21N3O3/c15-16-14-12(7-4-8-13(14)17(18)19)10-20-9-11-5-2-1-3-6-11/h4,7-8,11,16H,1-3,5-6,9-10,15H2. The van der Waals surface area contributed by atoms with E-state index < -0.39 is 4.92 Å². The van der Waals surface area contributed by atoms with Crippen molar-refractivity contribution in [3.05, 3.63) is 33.9 Å². The Bertz CT molecular complexity index is 459. The Morgan fingerprint density at radius 3 is 2.75 bits per heavy atom. The van der Waals surface area contributed by atoms with Crippen LogP contribution < -0.4 is 11.3 Å². The third-order valence-corrected chi connectivity index (χ3v) is 3.81. The van der Waals surface area contributed by atoms with Crippen LogP contribution in [0.25, 0.3) is 0 Å². The van der Waals surface area contributed by atoms with Gasteiger partial charge in [0, 0.05) is 18.2 Å². The average Bonchev–Trinajstić information content (AvgIpc) is 2.48. The van der Waals surface area contributed by atoms with Crippen LogP contribution in [0.1, 0.15) is 37.7 Å². The molecule has 1 aliphatic carbocycles. The number of hydrazine groups is 1. The maximum absolute atomic E-state index is 10.9. The highest BCUT2D eigenvalue weighted by atomic mass is 16.6. The van der Waals surface area contributed by atoms with Crippen molar-refractivity contribution in [3.8, 4) is 0 Å². The molecule has 1 aliphatic rings. The topological polar surface area (TPSA) is 90.4 Å². The molecule has 1 fully saturated rings. The minimum absolute atomic E-state index is 0.0220. The summed E-state index contributed by atoms with van der Waals surface area (Å²) in [6.07, 6.45) is 6.32. The van der Waals surface area contributed by atoms with Crippen LogP contribution in [0.3, 0.4) is 0 Å². The van der Waals surface area contributed by atoms with Crippen molar-refractivity contribution >= 4 is 11.4 Å². The Morgan fingerprint density at radius 2 is 2.10 bits per heavy atom. The van der Waals surface area contributed by atoms with E-state index >= 15 is 0 Å². The number of para-hydroxylation sites is 1. The summed E-state index contributed by atoms with van der Waals surface area (Å²) < 4.78 is 5.72. The second kappa shape index (κ2) is 7.21. The van der Waals surface area contributed by atoms with Gasteiger partial charge in [-0.25, -0.2) is 0 Å². The van der Waals surface area contributed by atoms with Crippen LogP contribution >= 0.6 is 0 Å². The molecule has 110 valence electrons. The van der Waals surface area contributed by atoms with Gasteiger partial charge in [0.15, 0.2) is 0 Å². The van der Waals surface area contributed by atoms with E-state index in [4.69, 9.17) is 10.6 Å². The number of hydrogen-bond donors (Lipinski definition) is 2. The van der Waals surface area contributed by atoms with E-state index in [1.54, 1.807) is 12.1 Å². The normalized spacial score (nSPS) is 16.1. The van der Waals surface area contributed by atoms with Gasteiger partial charge >= 0.3 is 0 Å². The van der Waals surface area contributed by atoms with Crippen molar-refractivity contribution in [2.75, 3.05) is 12.0 Å². The van der Waals surface area contributed by atoms with E-state index in [9.17, 15) is 10.1 Å². The minimum Gasteiger partial charge on any atom is -0.376 e. The number of nitro benzene ring substituents is 1. The highest BCUT2D eigenvalue weighted by molar-refractivity contribution is 5.65. The molecule has 1 aromatic carbocycles. The van der Waals surface area contributed by atoms with Crippen LogP contribution in [0.5, 0.6) is 0 Å². The van der Waals surface area contributed by atoms with Crippen LogP contribution in [0.15, 0.2) is 18.2 Å². The lowest BCUT2D eigenvalue weighted by Gasteiger charge is -2.21. The van der Waals surface area contributed by atoms with Gasteiger partial charge in [0.25, 0.3) is 5.69 Å². The van der Waals surface area contributed by atoms with Gasteiger partial charge in [-0.3, -0.25) is 16.0 Å². The molecule has 0 amide bonds. The number of rotatable bonds is 6. The summed E-state index contributed by atoms with van der Waals surface area (Å²) >= 11 is 0. The van der Waals surface area contributed by atoms with Gasteiger partial charge in [-0.1, -0.05) is 31.4 Å². The monoisotopic (exact) mass is 279 g/mol. The third kappa shape index (κ3) is 3.68. The summed E-state index contributed by atoms with van der Waals surface area (Å²) in [5, 5.41) is 10.9. The van der Waals surface area contributed by atoms with Crippen molar-refractivity contribution in [1.29, 1.82) is 0 Å². The third-order valence-electron chi connectivity index (χ3n) is 3.81. The van der Waals surface area contributed by atoms with Crippen molar-refractivity contribution in [3.63, 3.8) is 0 Å². The Morgan fingerprint density at radius 1 is 1.35 bits per heavy atom. The first-order valence-corrected chi connectivity index (χ1v) is 7.03. The van der Waals surface area contributed by atoms with E-state index in [0.717, 1.165) is 5.56 Å². The second-order valence-electron chi connectivity index (χ2n) is 5.23. The van der Waals surface area contributed by atoms with Gasteiger partial charge in [-0.15, -0.1) is 0 Å². The van der Waals surface area contributed by atoms with Crippen LogP contribution in [0.4, 0.5) is 11.4 Å². The zero-order valence-corrected chi connectivity index (χ0v) is 11.5. The Balaban J connectivity index is 1.94. The summed E-state index contributed by atoms with van der Waals surface area (Å²) in [6.45, 7) is 1.06. The molecule has 0 saturated heterocycles. The summed E-state index contributed by atoms with van der Waals surface area (Å²) in [5.41, 5.74) is 3.44. The molecule has 6 nitrogen and oxygen atoms in total. The Hall–Kier alpha value is -1.66. The summed E-state index contributed by atoms with van der Waals surface area (Å²) in [5.74, 6) is 6.02. The lowest BCUT2D eigenvalue weighted by Crippen LogP contribution is -2.15. The molecule has 6 heteroatoms. The van der Waals surface area contributed by atoms with Gasteiger partial charge < -0.3 is 10.2 Å². The summed E-state index contributed by atoms with van der Waals surface area (Å²) in [6, 6.07) is 4.88. The predicted molar refractivity (Wildman–Crippen MR) is 77.1 cm³/mol. The summed E-state index contributed by atoms with van der Waals surface area (Å²) in [4.78, 5) is 10.5. The quantitative estimate of drug-likeness (QED) is 0.474. The first-order chi connectivity index (χ1) is 9.72. The number of ether oxygens (including phenoxy) is 1. The number of benzene rings is 1. The van der Waals surface area contributed by atoms with E-state index in [1.807, 2.05) is 0 Å². The van der Waals surface area contributed by atoms with Gasteiger partial charge in [-0.05, 0) is 18.8 Å². The highest BCUT2D eigenvalue weighted by Gasteiger charge is 2.17. The number of nitrogens with one attached hydrogen (secondary N) is 1. The van der Waals surface area contributed by atoms with Gasteiger partial charge in [0.2, 0.25) is 0 Å². The molecule has 1 saturated carbocycles. The molecule has 0 bridgehead atoms. The molecule has 0 aromatic heterocycles. The molecule has 0 aliphatic heterocycles. The van der Waals surface area contributed by atoms with Crippen molar-refractivity contribution < 1.29 is 9.66 Å². The van der Waals surface area contributed by atoms with E-state index in [1.165, 1.54) is 38.2 Å².